The fourth-order valence-corrected chi connectivity index (χ4v) is 3.41. The average Bonchev–Trinajstić information content (AvgIpc) is 3.33. The summed E-state index contributed by atoms with van der Waals surface area (Å²) >= 11 is 0. The number of likely N-dealkylation sites (tertiary alicyclic amines) is 1. The quantitative estimate of drug-likeness (QED) is 0.667. The Hall–Kier alpha value is -3.35. The van der Waals surface area contributed by atoms with E-state index in [4.69, 9.17) is 9.47 Å². The number of carbonyl (C=O) groups excluding carboxylic acids is 2. The van der Waals surface area contributed by atoms with Gasteiger partial charge in [0.2, 0.25) is 11.8 Å². The van der Waals surface area contributed by atoms with Gasteiger partial charge in [0.05, 0.1) is 30.7 Å². The summed E-state index contributed by atoms with van der Waals surface area (Å²) in [5.74, 6) is -0.460. The molecule has 1 aliphatic rings. The number of nitrogens with one attached hydrogen (secondary N) is 1. The number of rotatable bonds is 5. The lowest BCUT2D eigenvalue weighted by atomic mass is 10.1. The van der Waals surface area contributed by atoms with Gasteiger partial charge in [0.15, 0.2) is 0 Å². The molecule has 3 rings (SSSR count). The topological polar surface area (TPSA) is 119 Å². The predicted molar refractivity (Wildman–Crippen MR) is 112 cm³/mol. The number of aromatic nitrogens is 3. The van der Waals surface area contributed by atoms with Crippen molar-refractivity contribution < 1.29 is 37.3 Å². The van der Waals surface area contributed by atoms with Crippen molar-refractivity contribution >= 4 is 12.0 Å². The van der Waals surface area contributed by atoms with E-state index in [1.165, 1.54) is 29.0 Å². The van der Waals surface area contributed by atoms with Crippen LogP contribution >= 0.6 is 0 Å². The molecule has 2 aromatic rings. The lowest BCUT2D eigenvalue weighted by Crippen LogP contribution is -2.51. The van der Waals surface area contributed by atoms with Gasteiger partial charge in [-0.1, -0.05) is 0 Å². The largest absolute Gasteiger partial charge is 0.480 e. The molecule has 186 valence electrons. The van der Waals surface area contributed by atoms with E-state index in [9.17, 15) is 27.9 Å². The van der Waals surface area contributed by atoms with Crippen LogP contribution in [0, 0.1) is 0 Å². The van der Waals surface area contributed by atoms with Crippen LogP contribution in [0.15, 0.2) is 24.5 Å². The number of hydrogen-bond acceptors (Lipinski definition) is 7. The molecule has 0 spiro atoms. The molecule has 2 aromatic heterocycles. The molecule has 0 aliphatic carbocycles. The Balaban J connectivity index is 1.71. The van der Waals surface area contributed by atoms with Gasteiger partial charge in [0.1, 0.15) is 17.3 Å². The van der Waals surface area contributed by atoms with Gasteiger partial charge in [-0.25, -0.2) is 14.5 Å². The van der Waals surface area contributed by atoms with Gasteiger partial charge in [-0.15, -0.1) is 5.10 Å². The van der Waals surface area contributed by atoms with Crippen LogP contribution < -0.4 is 10.1 Å². The zero-order chi connectivity index (χ0) is 25.3. The predicted octanol–water partition coefficient (Wildman–Crippen LogP) is 2.28. The summed E-state index contributed by atoms with van der Waals surface area (Å²) < 4.78 is 50.0. The van der Waals surface area contributed by atoms with E-state index in [2.05, 4.69) is 15.4 Å². The third kappa shape index (κ3) is 5.76. The van der Waals surface area contributed by atoms with Gasteiger partial charge in [-0.3, -0.25) is 9.69 Å². The Labute approximate surface area is 193 Å². The van der Waals surface area contributed by atoms with E-state index in [1.807, 2.05) is 0 Å². The summed E-state index contributed by atoms with van der Waals surface area (Å²) in [6, 6.07) is 0.908. The van der Waals surface area contributed by atoms with Crippen molar-refractivity contribution in [2.45, 2.75) is 57.7 Å². The zero-order valence-corrected chi connectivity index (χ0v) is 19.1. The lowest BCUT2D eigenvalue weighted by Gasteiger charge is -2.28. The van der Waals surface area contributed by atoms with Gasteiger partial charge in [-0.05, 0) is 39.3 Å². The minimum Gasteiger partial charge on any atom is -0.480 e. The maximum absolute atomic E-state index is 12.8. The van der Waals surface area contributed by atoms with Gasteiger partial charge >= 0.3 is 12.3 Å². The zero-order valence-electron chi connectivity index (χ0n) is 19.1. The highest BCUT2D eigenvalue weighted by atomic mass is 19.4. The highest BCUT2D eigenvalue weighted by molar-refractivity contribution is 5.87. The Morgan fingerprint density at radius 2 is 1.97 bits per heavy atom. The van der Waals surface area contributed by atoms with Crippen molar-refractivity contribution in [1.29, 1.82) is 0 Å². The summed E-state index contributed by atoms with van der Waals surface area (Å²) in [6.45, 7) is 5.19. The first-order chi connectivity index (χ1) is 15.8. The molecule has 13 heteroatoms. The summed E-state index contributed by atoms with van der Waals surface area (Å²) in [6.07, 6.45) is -3.61. The monoisotopic (exact) mass is 485 g/mol. The molecule has 10 nitrogen and oxygen atoms in total. The standard InChI is InChI=1S/C21H26F3N5O5/c1-20(2,3)34-19(32)28-8-7-14(30)16(28)17(31)26-9-12-11-29(27-18(12)33-4)13-5-6-15(25-10-13)21(22,23)24/h5-6,10-11,14,16,30H,7-9H2,1-4H3,(H,26,31). The Morgan fingerprint density at radius 3 is 2.53 bits per heavy atom. The first-order valence-electron chi connectivity index (χ1n) is 10.4. The molecule has 2 amide bonds. The van der Waals surface area contributed by atoms with E-state index >= 15 is 0 Å². The van der Waals surface area contributed by atoms with Gasteiger partial charge < -0.3 is 19.9 Å². The number of alkyl halides is 3. The van der Waals surface area contributed by atoms with Crippen molar-refractivity contribution in [2.75, 3.05) is 13.7 Å². The smallest absolute Gasteiger partial charge is 0.433 e. The first kappa shape index (κ1) is 25.3. The van der Waals surface area contributed by atoms with Crippen LogP contribution in [-0.4, -0.2) is 68.2 Å². The second-order valence-corrected chi connectivity index (χ2v) is 8.70. The number of pyridine rings is 1. The summed E-state index contributed by atoms with van der Waals surface area (Å²) in [4.78, 5) is 29.8. The highest BCUT2D eigenvalue weighted by Gasteiger charge is 2.42. The normalized spacial score (nSPS) is 18.6. The Kier molecular flexibility index (Phi) is 7.05. The third-order valence-corrected chi connectivity index (χ3v) is 4.96. The van der Waals surface area contributed by atoms with E-state index in [0.717, 1.165) is 12.3 Å². The van der Waals surface area contributed by atoms with Crippen molar-refractivity contribution in [1.82, 2.24) is 25.0 Å². The highest BCUT2D eigenvalue weighted by Crippen LogP contribution is 2.28. The van der Waals surface area contributed by atoms with Crippen LogP contribution in [0.3, 0.4) is 0 Å². The number of hydrogen-bond donors (Lipinski definition) is 2. The average molecular weight is 485 g/mol. The van der Waals surface area contributed by atoms with Gasteiger partial charge in [0, 0.05) is 19.3 Å². The van der Waals surface area contributed by atoms with Crippen LogP contribution in [0.2, 0.25) is 0 Å². The Morgan fingerprint density at radius 1 is 1.26 bits per heavy atom. The van der Waals surface area contributed by atoms with Gasteiger partial charge in [0.25, 0.3) is 0 Å². The summed E-state index contributed by atoms with van der Waals surface area (Å²) in [7, 11) is 1.36. The second kappa shape index (κ2) is 9.49. The molecule has 1 saturated heterocycles. The molecule has 2 N–H and O–H groups in total. The van der Waals surface area contributed by atoms with Crippen molar-refractivity contribution in [3.05, 3.63) is 35.8 Å². The van der Waals surface area contributed by atoms with E-state index in [1.54, 1.807) is 20.8 Å². The van der Waals surface area contributed by atoms with Crippen molar-refractivity contribution in [3.8, 4) is 11.6 Å². The molecular formula is C21H26F3N5O5. The molecular weight excluding hydrogens is 459 g/mol. The Bertz CT molecular complexity index is 1030. The van der Waals surface area contributed by atoms with E-state index in [-0.39, 0.29) is 31.1 Å². The van der Waals surface area contributed by atoms with Crippen LogP contribution in [0.5, 0.6) is 5.88 Å². The number of carbonyl (C=O) groups is 2. The molecule has 1 aliphatic heterocycles. The number of aliphatic hydroxyl groups excluding tert-OH is 1. The molecule has 2 atom stereocenters. The van der Waals surface area contributed by atoms with Crippen molar-refractivity contribution in [2.24, 2.45) is 0 Å². The van der Waals surface area contributed by atoms with Crippen LogP contribution in [0.4, 0.5) is 18.0 Å². The minimum absolute atomic E-state index is 0.0680. The van der Waals surface area contributed by atoms with E-state index < -0.39 is 41.6 Å². The fraction of sp³-hybridized carbons (Fsp3) is 0.524. The number of aliphatic hydroxyl groups is 1. The maximum atomic E-state index is 12.8. The summed E-state index contributed by atoms with van der Waals surface area (Å²) in [5, 5.41) is 17.1. The SMILES string of the molecule is COc1nn(-c2ccc(C(F)(F)F)nc2)cc1CNC(=O)C1C(O)CCN1C(=O)OC(C)(C)C. The maximum Gasteiger partial charge on any atom is 0.433 e. The van der Waals surface area contributed by atoms with Crippen LogP contribution in [-0.2, 0) is 22.3 Å². The number of halogens is 3. The summed E-state index contributed by atoms with van der Waals surface area (Å²) in [5.41, 5.74) is -1.12. The first-order valence-corrected chi connectivity index (χ1v) is 10.4. The molecule has 0 aromatic carbocycles. The van der Waals surface area contributed by atoms with E-state index in [0.29, 0.717) is 5.56 Å². The molecule has 2 unspecified atom stereocenters. The molecule has 3 heterocycles. The molecule has 0 bridgehead atoms. The molecule has 34 heavy (non-hydrogen) atoms. The van der Waals surface area contributed by atoms with Crippen molar-refractivity contribution in [3.63, 3.8) is 0 Å². The number of amides is 2. The minimum atomic E-state index is -4.56. The number of ether oxygens (including phenoxy) is 2. The fourth-order valence-electron chi connectivity index (χ4n) is 3.41. The lowest BCUT2D eigenvalue weighted by molar-refractivity contribution is -0.141. The number of methoxy groups -OCH3 is 1. The number of nitrogens with zero attached hydrogens (tertiary/aromatic N) is 4. The molecule has 1 fully saturated rings. The third-order valence-electron chi connectivity index (χ3n) is 4.96. The second-order valence-electron chi connectivity index (χ2n) is 8.70. The van der Waals surface area contributed by atoms with Crippen LogP contribution in [0.25, 0.3) is 5.69 Å². The van der Waals surface area contributed by atoms with Crippen LogP contribution in [0.1, 0.15) is 38.4 Å². The molecule has 0 saturated carbocycles. The van der Waals surface area contributed by atoms with Gasteiger partial charge in [-0.2, -0.15) is 13.2 Å². The molecule has 0 radical (unpaired) electrons.